The molecule has 0 heterocycles. The van der Waals surface area contributed by atoms with Gasteiger partial charge in [-0.15, -0.1) is 0 Å². The van der Waals surface area contributed by atoms with Crippen LogP contribution in [0.25, 0.3) is 0 Å². The Morgan fingerprint density at radius 3 is 2.53 bits per heavy atom. The van der Waals surface area contributed by atoms with Crippen LogP contribution < -0.4 is 10.1 Å². The lowest BCUT2D eigenvalue weighted by atomic mass is 10.2. The molecular formula is C14H12F3NO. The van der Waals surface area contributed by atoms with Crippen molar-refractivity contribution in [1.82, 2.24) is 5.32 Å². The van der Waals surface area contributed by atoms with Gasteiger partial charge in [-0.1, -0.05) is 12.1 Å². The third-order valence-corrected chi connectivity index (χ3v) is 2.52. The van der Waals surface area contributed by atoms with Crippen LogP contribution in [0.2, 0.25) is 0 Å². The third-order valence-electron chi connectivity index (χ3n) is 2.52. The molecule has 19 heavy (non-hydrogen) atoms. The Labute approximate surface area is 108 Å². The average molecular weight is 267 g/mol. The molecule has 2 rings (SSSR count). The van der Waals surface area contributed by atoms with Crippen LogP contribution in [0.3, 0.4) is 0 Å². The third kappa shape index (κ3) is 3.06. The predicted octanol–water partition coefficient (Wildman–Crippen LogP) is 3.62. The lowest BCUT2D eigenvalue weighted by Gasteiger charge is -2.12. The van der Waals surface area contributed by atoms with Crippen LogP contribution in [-0.2, 0) is 6.54 Å². The number of nitrogens with one attached hydrogen (secondary N) is 1. The van der Waals surface area contributed by atoms with Gasteiger partial charge in [-0.05, 0) is 25.2 Å². The van der Waals surface area contributed by atoms with Crippen LogP contribution in [0.5, 0.6) is 11.5 Å². The molecule has 0 aliphatic rings. The molecule has 0 radical (unpaired) electrons. The van der Waals surface area contributed by atoms with E-state index in [1.54, 1.807) is 13.1 Å². The maximum atomic E-state index is 13.7. The van der Waals surface area contributed by atoms with Gasteiger partial charge in [0.25, 0.3) is 0 Å². The van der Waals surface area contributed by atoms with Crippen molar-refractivity contribution in [3.8, 4) is 11.5 Å². The van der Waals surface area contributed by atoms with Gasteiger partial charge in [0, 0.05) is 18.2 Å². The van der Waals surface area contributed by atoms with Gasteiger partial charge in [0.1, 0.15) is 5.82 Å². The Bertz CT molecular complexity index is 587. The molecule has 5 heteroatoms. The van der Waals surface area contributed by atoms with E-state index in [0.717, 1.165) is 12.1 Å². The van der Waals surface area contributed by atoms with Gasteiger partial charge in [0.2, 0.25) is 0 Å². The SMILES string of the molecule is CNCc1cccc(F)c1Oc1ccc(F)cc1F. The number of halogens is 3. The summed E-state index contributed by atoms with van der Waals surface area (Å²) in [5.74, 6) is -2.48. The summed E-state index contributed by atoms with van der Waals surface area (Å²) in [5, 5.41) is 2.86. The van der Waals surface area contributed by atoms with Gasteiger partial charge in [-0.3, -0.25) is 0 Å². The van der Waals surface area contributed by atoms with E-state index in [-0.39, 0.29) is 11.5 Å². The minimum Gasteiger partial charge on any atom is -0.451 e. The topological polar surface area (TPSA) is 21.3 Å². The summed E-state index contributed by atoms with van der Waals surface area (Å²) < 4.78 is 45.2. The van der Waals surface area contributed by atoms with E-state index in [0.29, 0.717) is 18.2 Å². The summed E-state index contributed by atoms with van der Waals surface area (Å²) in [5.41, 5.74) is 0.547. The molecule has 0 unspecified atom stereocenters. The van der Waals surface area contributed by atoms with E-state index < -0.39 is 17.5 Å². The minimum absolute atomic E-state index is 0.0673. The maximum Gasteiger partial charge on any atom is 0.168 e. The van der Waals surface area contributed by atoms with Crippen molar-refractivity contribution < 1.29 is 17.9 Å². The number of ether oxygens (including phenoxy) is 1. The van der Waals surface area contributed by atoms with E-state index in [1.807, 2.05) is 0 Å². The Morgan fingerprint density at radius 2 is 1.84 bits per heavy atom. The predicted molar refractivity (Wildman–Crippen MR) is 65.6 cm³/mol. The summed E-state index contributed by atoms with van der Waals surface area (Å²) >= 11 is 0. The van der Waals surface area contributed by atoms with E-state index >= 15 is 0 Å². The Balaban J connectivity index is 2.37. The Kier molecular flexibility index (Phi) is 4.06. The van der Waals surface area contributed by atoms with Crippen LogP contribution in [0.4, 0.5) is 13.2 Å². The van der Waals surface area contributed by atoms with Crippen molar-refractivity contribution >= 4 is 0 Å². The molecule has 0 fully saturated rings. The fraction of sp³-hybridized carbons (Fsp3) is 0.143. The molecule has 0 amide bonds. The molecule has 0 saturated heterocycles. The molecule has 2 nitrogen and oxygen atoms in total. The second kappa shape index (κ2) is 5.75. The zero-order chi connectivity index (χ0) is 13.8. The van der Waals surface area contributed by atoms with Gasteiger partial charge in [-0.2, -0.15) is 0 Å². The van der Waals surface area contributed by atoms with Crippen LogP contribution in [0.15, 0.2) is 36.4 Å². The first-order chi connectivity index (χ1) is 9.11. The highest BCUT2D eigenvalue weighted by Gasteiger charge is 2.13. The Hall–Kier alpha value is -2.01. The quantitative estimate of drug-likeness (QED) is 0.913. The number of para-hydroxylation sites is 1. The molecule has 1 N–H and O–H groups in total. The second-order valence-electron chi connectivity index (χ2n) is 3.94. The molecule has 0 bridgehead atoms. The van der Waals surface area contributed by atoms with E-state index in [1.165, 1.54) is 12.1 Å². The molecule has 2 aromatic rings. The Morgan fingerprint density at radius 1 is 1.05 bits per heavy atom. The summed E-state index contributed by atoms with van der Waals surface area (Å²) in [4.78, 5) is 0. The summed E-state index contributed by atoms with van der Waals surface area (Å²) in [6.45, 7) is 0.371. The molecule has 0 saturated carbocycles. The van der Waals surface area contributed by atoms with Crippen molar-refractivity contribution in [3.05, 3.63) is 59.4 Å². The van der Waals surface area contributed by atoms with Crippen molar-refractivity contribution in [3.63, 3.8) is 0 Å². The first-order valence-corrected chi connectivity index (χ1v) is 5.66. The fourth-order valence-corrected chi connectivity index (χ4v) is 1.67. The zero-order valence-electron chi connectivity index (χ0n) is 10.2. The number of hydrogen-bond donors (Lipinski definition) is 1. The second-order valence-corrected chi connectivity index (χ2v) is 3.94. The van der Waals surface area contributed by atoms with Crippen molar-refractivity contribution in [2.45, 2.75) is 6.54 Å². The van der Waals surface area contributed by atoms with Gasteiger partial charge in [0.15, 0.2) is 23.1 Å². The average Bonchev–Trinajstić information content (AvgIpc) is 2.36. The normalized spacial score (nSPS) is 10.5. The van der Waals surface area contributed by atoms with Gasteiger partial charge in [-0.25, -0.2) is 13.2 Å². The van der Waals surface area contributed by atoms with Crippen LogP contribution in [0.1, 0.15) is 5.56 Å². The lowest BCUT2D eigenvalue weighted by Crippen LogP contribution is -2.07. The molecule has 0 aliphatic heterocycles. The molecule has 0 spiro atoms. The van der Waals surface area contributed by atoms with E-state index in [9.17, 15) is 13.2 Å². The summed E-state index contributed by atoms with van der Waals surface area (Å²) in [6, 6.07) is 7.29. The molecule has 0 aliphatic carbocycles. The van der Waals surface area contributed by atoms with Crippen molar-refractivity contribution in [2.24, 2.45) is 0 Å². The summed E-state index contributed by atoms with van der Waals surface area (Å²) in [7, 11) is 1.70. The van der Waals surface area contributed by atoms with Crippen molar-refractivity contribution in [2.75, 3.05) is 7.05 Å². The molecule has 0 aromatic heterocycles. The molecule has 2 aromatic carbocycles. The van der Waals surface area contributed by atoms with Crippen LogP contribution in [0, 0.1) is 17.5 Å². The monoisotopic (exact) mass is 267 g/mol. The number of hydrogen-bond acceptors (Lipinski definition) is 2. The molecular weight excluding hydrogens is 255 g/mol. The fourth-order valence-electron chi connectivity index (χ4n) is 1.67. The standard InChI is InChI=1S/C14H12F3NO/c1-18-8-9-3-2-4-11(16)14(9)19-13-6-5-10(15)7-12(13)17/h2-7,18H,8H2,1H3. The lowest BCUT2D eigenvalue weighted by molar-refractivity contribution is 0.406. The largest absolute Gasteiger partial charge is 0.451 e. The maximum absolute atomic E-state index is 13.7. The highest BCUT2D eigenvalue weighted by atomic mass is 19.1. The van der Waals surface area contributed by atoms with E-state index in [4.69, 9.17) is 4.74 Å². The van der Waals surface area contributed by atoms with Crippen LogP contribution in [-0.4, -0.2) is 7.05 Å². The van der Waals surface area contributed by atoms with Gasteiger partial charge >= 0.3 is 0 Å². The van der Waals surface area contributed by atoms with E-state index in [2.05, 4.69) is 5.32 Å². The smallest absolute Gasteiger partial charge is 0.168 e. The van der Waals surface area contributed by atoms with Crippen molar-refractivity contribution in [1.29, 1.82) is 0 Å². The molecule has 0 atom stereocenters. The van der Waals surface area contributed by atoms with Gasteiger partial charge in [0.05, 0.1) is 0 Å². The highest BCUT2D eigenvalue weighted by Crippen LogP contribution is 2.30. The minimum atomic E-state index is -0.876. The van der Waals surface area contributed by atoms with Crippen LogP contribution >= 0.6 is 0 Å². The highest BCUT2D eigenvalue weighted by molar-refractivity contribution is 5.39. The van der Waals surface area contributed by atoms with Gasteiger partial charge < -0.3 is 10.1 Å². The first-order valence-electron chi connectivity index (χ1n) is 5.66. The zero-order valence-corrected chi connectivity index (χ0v) is 10.2. The number of rotatable bonds is 4. The first kappa shape index (κ1) is 13.4. The molecule has 100 valence electrons. The summed E-state index contributed by atoms with van der Waals surface area (Å²) in [6.07, 6.45) is 0. The number of benzene rings is 2.